The van der Waals surface area contributed by atoms with Gasteiger partial charge < -0.3 is 0 Å². The van der Waals surface area contributed by atoms with Gasteiger partial charge in [-0.3, -0.25) is 0 Å². The van der Waals surface area contributed by atoms with Crippen molar-refractivity contribution in [2.45, 2.75) is 37.5 Å². The van der Waals surface area contributed by atoms with Gasteiger partial charge in [-0.2, -0.15) is 0 Å². The summed E-state index contributed by atoms with van der Waals surface area (Å²) < 4.78 is 2.73. The van der Waals surface area contributed by atoms with E-state index in [1.54, 1.807) is 5.56 Å². The second-order valence-corrected chi connectivity index (χ2v) is 16.8. The van der Waals surface area contributed by atoms with Crippen LogP contribution in [0.5, 0.6) is 0 Å². The number of hydrogen-bond donors (Lipinski definition) is 0. The average molecular weight is 673 g/mol. The fourth-order valence-electron chi connectivity index (χ4n) is 11.5. The van der Waals surface area contributed by atoms with Crippen LogP contribution in [-0.4, -0.2) is 9.97 Å². The Labute approximate surface area is 301 Å². The Kier molecular flexibility index (Phi) is 5.86. The molecule has 3 heteroatoms. The zero-order chi connectivity index (χ0) is 33.3. The number of fused-ring (bicyclic) bond motifs is 7. The summed E-state index contributed by atoms with van der Waals surface area (Å²) >= 11 is 1.92. The van der Waals surface area contributed by atoms with Crippen LogP contribution in [-0.2, 0) is 5.41 Å². The second-order valence-electron chi connectivity index (χ2n) is 15.8. The van der Waals surface area contributed by atoms with E-state index in [0.717, 1.165) is 45.4 Å². The number of para-hydroxylation sites is 1. The third-order valence-corrected chi connectivity index (χ3v) is 14.4. The monoisotopic (exact) mass is 672 g/mol. The van der Waals surface area contributed by atoms with E-state index in [9.17, 15) is 0 Å². The van der Waals surface area contributed by atoms with Gasteiger partial charge in [0, 0.05) is 42.1 Å². The largest absolute Gasteiger partial charge is 0.228 e. The maximum atomic E-state index is 5.34. The quantitative estimate of drug-likeness (QED) is 0.187. The van der Waals surface area contributed by atoms with E-state index in [2.05, 4.69) is 133 Å². The van der Waals surface area contributed by atoms with E-state index in [1.165, 1.54) is 80.1 Å². The lowest BCUT2D eigenvalue weighted by Gasteiger charge is -2.61. The maximum Gasteiger partial charge on any atom is 0.160 e. The van der Waals surface area contributed by atoms with Crippen LogP contribution in [0, 0.1) is 23.7 Å². The lowest BCUT2D eigenvalue weighted by molar-refractivity contribution is -0.0399. The number of nitrogens with zero attached hydrogens (tertiary/aromatic N) is 2. The van der Waals surface area contributed by atoms with Gasteiger partial charge in [0.25, 0.3) is 0 Å². The van der Waals surface area contributed by atoms with E-state index in [-0.39, 0.29) is 5.41 Å². The number of thiophene rings is 1. The SMILES string of the molecule is c1ccc(-c2nc(-c3ccc4c(c3)C3(c5cccc(-c6ccc7c(c6)sc6ccccc67)c5-4)C4CC5CC(C4)CC3C5)nc3ccccc23)cc1. The zero-order valence-electron chi connectivity index (χ0n) is 28.3. The average Bonchev–Trinajstić information content (AvgIpc) is 3.69. The van der Waals surface area contributed by atoms with Gasteiger partial charge in [-0.25, -0.2) is 9.97 Å². The predicted molar refractivity (Wildman–Crippen MR) is 212 cm³/mol. The van der Waals surface area contributed by atoms with Crippen molar-refractivity contribution in [3.8, 4) is 44.9 Å². The number of hydrogen-bond acceptors (Lipinski definition) is 3. The van der Waals surface area contributed by atoms with E-state index in [0.29, 0.717) is 11.8 Å². The Balaban J connectivity index is 1.09. The molecule has 51 heavy (non-hydrogen) atoms. The van der Waals surface area contributed by atoms with Crippen molar-refractivity contribution in [1.82, 2.24) is 9.97 Å². The molecule has 5 aliphatic carbocycles. The molecule has 2 nitrogen and oxygen atoms in total. The fraction of sp³-hybridized carbons (Fsp3) is 0.208. The summed E-state index contributed by atoms with van der Waals surface area (Å²) in [4.78, 5) is 10.6. The van der Waals surface area contributed by atoms with Gasteiger partial charge in [0.05, 0.1) is 11.2 Å². The molecule has 0 amide bonds. The molecule has 8 aromatic rings. The first kappa shape index (κ1) is 28.6. The highest BCUT2D eigenvalue weighted by Gasteiger charge is 2.61. The fourth-order valence-corrected chi connectivity index (χ4v) is 12.7. The van der Waals surface area contributed by atoms with E-state index in [4.69, 9.17) is 9.97 Å². The summed E-state index contributed by atoms with van der Waals surface area (Å²) in [6, 6.07) is 49.7. The summed E-state index contributed by atoms with van der Waals surface area (Å²) in [5.41, 5.74) is 13.0. The molecule has 1 spiro atoms. The predicted octanol–water partition coefficient (Wildman–Crippen LogP) is 12.7. The van der Waals surface area contributed by atoms with Crippen LogP contribution in [0.25, 0.3) is 76.0 Å². The summed E-state index contributed by atoms with van der Waals surface area (Å²) in [5, 5.41) is 3.82. The third-order valence-electron chi connectivity index (χ3n) is 13.3. The smallest absolute Gasteiger partial charge is 0.160 e. The summed E-state index contributed by atoms with van der Waals surface area (Å²) in [7, 11) is 0. The minimum atomic E-state index is 0.0466. The maximum absolute atomic E-state index is 5.34. The van der Waals surface area contributed by atoms with Gasteiger partial charge in [-0.15, -0.1) is 11.3 Å². The molecule has 0 atom stereocenters. The molecule has 4 bridgehead atoms. The number of aromatic nitrogens is 2. The van der Waals surface area contributed by atoms with Crippen LogP contribution < -0.4 is 0 Å². The number of benzene rings is 6. The van der Waals surface area contributed by atoms with Crippen molar-refractivity contribution >= 4 is 42.4 Å². The van der Waals surface area contributed by atoms with Gasteiger partial charge in [-0.05, 0) is 113 Å². The molecular formula is C48H36N2S. The van der Waals surface area contributed by atoms with Crippen molar-refractivity contribution in [2.24, 2.45) is 23.7 Å². The van der Waals surface area contributed by atoms with Crippen molar-refractivity contribution in [1.29, 1.82) is 0 Å². The Morgan fingerprint density at radius 3 is 2.06 bits per heavy atom. The molecule has 0 unspecified atom stereocenters. The molecule has 0 N–H and O–H groups in total. The zero-order valence-corrected chi connectivity index (χ0v) is 29.2. The Bertz CT molecular complexity index is 2690. The van der Waals surface area contributed by atoms with Gasteiger partial charge in [0.2, 0.25) is 0 Å². The molecule has 244 valence electrons. The van der Waals surface area contributed by atoms with Crippen LogP contribution >= 0.6 is 11.3 Å². The topological polar surface area (TPSA) is 25.8 Å². The third kappa shape index (κ3) is 3.93. The normalized spacial score (nSPS) is 24.2. The first-order valence-corrected chi connectivity index (χ1v) is 19.6. The highest BCUT2D eigenvalue weighted by Crippen LogP contribution is 2.70. The van der Waals surface area contributed by atoms with E-state index in [1.807, 2.05) is 11.3 Å². The first-order valence-electron chi connectivity index (χ1n) is 18.7. The van der Waals surface area contributed by atoms with Crippen LogP contribution in [0.4, 0.5) is 0 Å². The summed E-state index contributed by atoms with van der Waals surface area (Å²) in [5.74, 6) is 3.97. The van der Waals surface area contributed by atoms with Crippen molar-refractivity contribution in [3.63, 3.8) is 0 Å². The number of rotatable bonds is 3. The van der Waals surface area contributed by atoms with Crippen LogP contribution in [0.15, 0.2) is 133 Å². The molecule has 13 rings (SSSR count). The van der Waals surface area contributed by atoms with Gasteiger partial charge in [-0.1, -0.05) is 109 Å². The lowest BCUT2D eigenvalue weighted by atomic mass is 9.43. The molecule has 0 saturated heterocycles. The van der Waals surface area contributed by atoms with Crippen LogP contribution in [0.3, 0.4) is 0 Å². The van der Waals surface area contributed by atoms with Crippen molar-refractivity contribution in [2.75, 3.05) is 0 Å². The van der Waals surface area contributed by atoms with Crippen molar-refractivity contribution < 1.29 is 0 Å². The molecule has 2 aromatic heterocycles. The Morgan fingerprint density at radius 2 is 1.22 bits per heavy atom. The molecule has 6 aromatic carbocycles. The second kappa shape index (κ2) is 10.5. The van der Waals surface area contributed by atoms with E-state index >= 15 is 0 Å². The Morgan fingerprint density at radius 1 is 0.490 bits per heavy atom. The molecule has 0 radical (unpaired) electrons. The minimum Gasteiger partial charge on any atom is -0.228 e. The van der Waals surface area contributed by atoms with Crippen LogP contribution in [0.1, 0.15) is 43.2 Å². The Hall–Kier alpha value is -5.12. The molecule has 4 fully saturated rings. The van der Waals surface area contributed by atoms with Crippen molar-refractivity contribution in [3.05, 3.63) is 145 Å². The van der Waals surface area contributed by atoms with Gasteiger partial charge in [0.1, 0.15) is 0 Å². The minimum absolute atomic E-state index is 0.0466. The van der Waals surface area contributed by atoms with Crippen LogP contribution in [0.2, 0.25) is 0 Å². The first-order chi connectivity index (χ1) is 25.2. The summed E-state index contributed by atoms with van der Waals surface area (Å²) in [6.45, 7) is 0. The van der Waals surface area contributed by atoms with Gasteiger partial charge in [0.15, 0.2) is 5.82 Å². The van der Waals surface area contributed by atoms with Gasteiger partial charge >= 0.3 is 0 Å². The molecule has 4 saturated carbocycles. The molecule has 0 aliphatic heterocycles. The standard InChI is InChI=1S/C48H36N2S/c1-2-9-30(10-3-1)46-39-12-4-6-15-42(39)49-47(50-46)32-18-20-38-41(26-32)48(33-22-28-21-29(24-33)25-34(48)23-28)40-14-8-13-35(45(38)40)31-17-19-37-36-11-5-7-16-43(36)51-44(37)27-31/h1-20,26-29,33-34H,21-25H2. The van der Waals surface area contributed by atoms with E-state index < -0.39 is 0 Å². The lowest BCUT2D eigenvalue weighted by Crippen LogP contribution is -2.55. The summed E-state index contributed by atoms with van der Waals surface area (Å²) in [6.07, 6.45) is 6.89. The highest BCUT2D eigenvalue weighted by molar-refractivity contribution is 7.25. The molecule has 5 aliphatic rings. The molecular weight excluding hydrogens is 637 g/mol. The highest BCUT2D eigenvalue weighted by atomic mass is 32.1. The molecule has 2 heterocycles.